The van der Waals surface area contributed by atoms with Gasteiger partial charge in [0.25, 0.3) is 0 Å². The smallest absolute Gasteiger partial charge is 0.480 e. The zero-order valence-corrected chi connectivity index (χ0v) is 25.3. The van der Waals surface area contributed by atoms with Gasteiger partial charge in [-0.2, -0.15) is 0 Å². The Morgan fingerprint density at radius 3 is 1.95 bits per heavy atom. The number of aliphatic carboxylic acids is 1. The maximum absolute atomic E-state index is 12.3. The zero-order chi connectivity index (χ0) is 30.8. The van der Waals surface area contributed by atoms with Crippen LogP contribution in [0.5, 0.6) is 11.5 Å². The molecule has 0 radical (unpaired) electrons. The molecule has 0 aliphatic heterocycles. The number of carboxylic acids is 1. The van der Waals surface area contributed by atoms with E-state index in [2.05, 4.69) is 5.32 Å². The van der Waals surface area contributed by atoms with Crippen LogP contribution in [0, 0.1) is 5.41 Å². The van der Waals surface area contributed by atoms with Crippen LogP contribution in [0.25, 0.3) is 0 Å². The maximum atomic E-state index is 12.3. The molecular weight excluding hydrogens is 534 g/mol. The first-order chi connectivity index (χ1) is 19.3. The van der Waals surface area contributed by atoms with Gasteiger partial charge >= 0.3 is 24.2 Å². The van der Waals surface area contributed by atoms with E-state index in [1.165, 1.54) is 12.1 Å². The van der Waals surface area contributed by atoms with Crippen LogP contribution in [0.4, 0.5) is 9.59 Å². The SMILES string of the molecule is CCCCCOC(=O)Oc1ccc(C[C@H](NCC(C)OC(=O)CC(C)(C)C)C(=O)O)cc1OC(=O)OCCCCC. The summed E-state index contributed by atoms with van der Waals surface area (Å²) < 4.78 is 26.1. The van der Waals surface area contributed by atoms with Crippen LogP contribution in [0.15, 0.2) is 18.2 Å². The molecule has 0 bridgehead atoms. The summed E-state index contributed by atoms with van der Waals surface area (Å²) in [5.74, 6) is -1.66. The minimum Gasteiger partial charge on any atom is -0.480 e. The Balaban J connectivity index is 2.94. The van der Waals surface area contributed by atoms with Crippen molar-refractivity contribution in [3.63, 3.8) is 0 Å². The largest absolute Gasteiger partial charge is 0.513 e. The first-order valence-electron chi connectivity index (χ1n) is 14.3. The second kappa shape index (κ2) is 18.9. The lowest BCUT2D eigenvalue weighted by Crippen LogP contribution is -2.42. The highest BCUT2D eigenvalue weighted by molar-refractivity contribution is 5.74. The topological polar surface area (TPSA) is 147 Å². The van der Waals surface area contributed by atoms with E-state index in [4.69, 9.17) is 23.7 Å². The minimum atomic E-state index is -1.12. The molecule has 1 unspecified atom stereocenters. The average Bonchev–Trinajstić information content (AvgIpc) is 2.87. The lowest BCUT2D eigenvalue weighted by molar-refractivity contribution is -0.150. The van der Waals surface area contributed by atoms with Crippen molar-refractivity contribution in [2.75, 3.05) is 19.8 Å². The van der Waals surface area contributed by atoms with E-state index >= 15 is 0 Å². The highest BCUT2D eigenvalue weighted by atomic mass is 16.7. The Kier molecular flexibility index (Phi) is 16.5. The molecule has 0 aliphatic carbocycles. The fourth-order valence-corrected chi connectivity index (χ4v) is 3.63. The summed E-state index contributed by atoms with van der Waals surface area (Å²) in [5, 5.41) is 12.7. The lowest BCUT2D eigenvalue weighted by atomic mass is 9.92. The summed E-state index contributed by atoms with van der Waals surface area (Å²) in [6.45, 7) is 12.0. The minimum absolute atomic E-state index is 0.00163. The quantitative estimate of drug-likeness (QED) is 0.0903. The molecule has 2 atom stereocenters. The molecule has 0 aliphatic rings. The standard InChI is InChI=1S/C30H47NO10/c1-7-9-11-15-37-28(35)40-24-14-13-22(18-25(24)41-29(36)38-16-12-10-8-2)17-23(27(33)34)31-20-21(3)39-26(32)19-30(4,5)6/h13-14,18,21,23,31H,7-12,15-17,19-20H2,1-6H3,(H,33,34)/t21?,23-/m0/s1. The van der Waals surface area contributed by atoms with Gasteiger partial charge in [0, 0.05) is 6.54 Å². The summed E-state index contributed by atoms with van der Waals surface area (Å²) in [7, 11) is 0. The Labute approximate surface area is 243 Å². The number of unbranched alkanes of at least 4 members (excludes halogenated alkanes) is 4. The Bertz CT molecular complexity index is 973. The van der Waals surface area contributed by atoms with Gasteiger partial charge < -0.3 is 34.1 Å². The van der Waals surface area contributed by atoms with Gasteiger partial charge in [-0.15, -0.1) is 0 Å². The van der Waals surface area contributed by atoms with Gasteiger partial charge in [-0.25, -0.2) is 9.59 Å². The summed E-state index contributed by atoms with van der Waals surface area (Å²) in [6, 6.07) is 3.34. The van der Waals surface area contributed by atoms with Crippen LogP contribution in [-0.4, -0.2) is 61.3 Å². The van der Waals surface area contributed by atoms with E-state index in [0.29, 0.717) is 18.4 Å². The molecule has 1 aromatic carbocycles. The van der Waals surface area contributed by atoms with Crippen LogP contribution < -0.4 is 14.8 Å². The predicted molar refractivity (Wildman–Crippen MR) is 152 cm³/mol. The fraction of sp³-hybridized carbons (Fsp3) is 0.667. The molecule has 232 valence electrons. The van der Waals surface area contributed by atoms with Crippen molar-refractivity contribution in [1.29, 1.82) is 0 Å². The van der Waals surface area contributed by atoms with Crippen molar-refractivity contribution >= 4 is 24.2 Å². The van der Waals surface area contributed by atoms with Gasteiger partial charge in [0.2, 0.25) is 0 Å². The molecular formula is C30H47NO10. The number of esters is 1. The third kappa shape index (κ3) is 16.5. The van der Waals surface area contributed by atoms with Crippen molar-refractivity contribution in [3.05, 3.63) is 23.8 Å². The van der Waals surface area contributed by atoms with Crippen molar-refractivity contribution in [1.82, 2.24) is 5.32 Å². The molecule has 1 aromatic rings. The number of carbonyl (C=O) groups excluding carboxylic acids is 3. The van der Waals surface area contributed by atoms with Crippen molar-refractivity contribution in [2.45, 2.75) is 105 Å². The number of carbonyl (C=O) groups is 4. The molecule has 1 rings (SSSR count). The second-order valence-corrected chi connectivity index (χ2v) is 11.1. The zero-order valence-electron chi connectivity index (χ0n) is 25.3. The Hall–Kier alpha value is -3.34. The third-order valence-corrected chi connectivity index (χ3v) is 5.73. The van der Waals surface area contributed by atoms with E-state index in [-0.39, 0.29) is 55.5 Å². The van der Waals surface area contributed by atoms with Crippen LogP contribution in [0.3, 0.4) is 0 Å². The number of ether oxygens (including phenoxy) is 5. The Morgan fingerprint density at radius 1 is 0.878 bits per heavy atom. The van der Waals surface area contributed by atoms with E-state index in [0.717, 1.165) is 25.7 Å². The highest BCUT2D eigenvalue weighted by Gasteiger charge is 2.23. The van der Waals surface area contributed by atoms with E-state index in [9.17, 15) is 24.3 Å². The molecule has 41 heavy (non-hydrogen) atoms. The van der Waals surface area contributed by atoms with Gasteiger partial charge in [-0.3, -0.25) is 9.59 Å². The van der Waals surface area contributed by atoms with Crippen molar-refractivity contribution in [3.8, 4) is 11.5 Å². The highest BCUT2D eigenvalue weighted by Crippen LogP contribution is 2.30. The van der Waals surface area contributed by atoms with Gasteiger partial charge in [0.15, 0.2) is 11.5 Å². The number of hydrogen-bond donors (Lipinski definition) is 2. The number of hydrogen-bond acceptors (Lipinski definition) is 10. The van der Waals surface area contributed by atoms with Crippen LogP contribution in [-0.2, 0) is 30.2 Å². The van der Waals surface area contributed by atoms with E-state index in [1.807, 2.05) is 34.6 Å². The van der Waals surface area contributed by atoms with E-state index < -0.39 is 30.4 Å². The van der Waals surface area contributed by atoms with Gasteiger partial charge in [0.1, 0.15) is 12.1 Å². The molecule has 0 heterocycles. The van der Waals surface area contributed by atoms with E-state index in [1.54, 1.807) is 13.0 Å². The summed E-state index contributed by atoms with van der Waals surface area (Å²) in [4.78, 5) is 48.5. The van der Waals surface area contributed by atoms with Gasteiger partial charge in [-0.1, -0.05) is 66.4 Å². The number of carboxylic acid groups (broad SMARTS) is 1. The molecule has 0 saturated carbocycles. The number of nitrogens with one attached hydrogen (secondary N) is 1. The van der Waals surface area contributed by atoms with Gasteiger partial charge in [-0.05, 0) is 49.3 Å². The third-order valence-electron chi connectivity index (χ3n) is 5.73. The van der Waals surface area contributed by atoms with Crippen LogP contribution in [0.2, 0.25) is 0 Å². The summed E-state index contributed by atoms with van der Waals surface area (Å²) >= 11 is 0. The molecule has 0 spiro atoms. The molecule has 0 fully saturated rings. The second-order valence-electron chi connectivity index (χ2n) is 11.1. The Morgan fingerprint density at radius 2 is 1.44 bits per heavy atom. The van der Waals surface area contributed by atoms with Gasteiger partial charge in [0.05, 0.1) is 19.6 Å². The lowest BCUT2D eigenvalue weighted by Gasteiger charge is -2.21. The molecule has 0 aromatic heterocycles. The maximum Gasteiger partial charge on any atom is 0.513 e. The van der Waals surface area contributed by atoms with Crippen LogP contribution in [0.1, 0.15) is 92.1 Å². The molecule has 0 saturated heterocycles. The normalized spacial score (nSPS) is 12.6. The number of benzene rings is 1. The molecule has 0 amide bonds. The van der Waals surface area contributed by atoms with Crippen molar-refractivity contribution < 1.29 is 48.0 Å². The monoisotopic (exact) mass is 581 g/mol. The first-order valence-corrected chi connectivity index (χ1v) is 14.3. The fourth-order valence-electron chi connectivity index (χ4n) is 3.63. The molecule has 11 heteroatoms. The average molecular weight is 582 g/mol. The molecule has 11 nitrogen and oxygen atoms in total. The summed E-state index contributed by atoms with van der Waals surface area (Å²) in [6.07, 6.45) is 2.84. The molecule has 2 N–H and O–H groups in total. The first kappa shape index (κ1) is 35.7. The predicted octanol–water partition coefficient (Wildman–Crippen LogP) is 6.05. The summed E-state index contributed by atoms with van der Waals surface area (Å²) in [5.41, 5.74) is 0.261. The van der Waals surface area contributed by atoms with Crippen molar-refractivity contribution in [2.24, 2.45) is 5.41 Å². The number of rotatable bonds is 18. The van der Waals surface area contributed by atoms with Crippen LogP contribution >= 0.6 is 0 Å².